The van der Waals surface area contributed by atoms with Crippen LogP contribution in [0, 0.1) is 0 Å². The minimum atomic E-state index is 0.0863. The zero-order valence-corrected chi connectivity index (χ0v) is 12.2. The van der Waals surface area contributed by atoms with E-state index in [1.807, 2.05) is 36.5 Å². The lowest BCUT2D eigenvalue weighted by atomic mass is 10.0. The van der Waals surface area contributed by atoms with Gasteiger partial charge in [-0.2, -0.15) is 0 Å². The summed E-state index contributed by atoms with van der Waals surface area (Å²) in [6.07, 6.45) is 2.97. The first-order chi connectivity index (χ1) is 10.4. The van der Waals surface area contributed by atoms with Crippen LogP contribution in [0.15, 0.2) is 60.8 Å². The Morgan fingerprint density at radius 3 is 2.43 bits per heavy atom. The Balaban J connectivity index is 2.01. The predicted molar refractivity (Wildman–Crippen MR) is 86.1 cm³/mol. The number of aromatic nitrogens is 2. The first kappa shape index (κ1) is 13.7. The van der Waals surface area contributed by atoms with Gasteiger partial charge < -0.3 is 5.32 Å². The third kappa shape index (κ3) is 3.09. The summed E-state index contributed by atoms with van der Waals surface area (Å²) in [4.78, 5) is 9.31. The van der Waals surface area contributed by atoms with Crippen LogP contribution in [0.1, 0.15) is 30.6 Å². The van der Waals surface area contributed by atoms with Gasteiger partial charge in [0.15, 0.2) is 0 Å². The van der Waals surface area contributed by atoms with E-state index in [2.05, 4.69) is 41.5 Å². The van der Waals surface area contributed by atoms with Crippen molar-refractivity contribution in [1.82, 2.24) is 15.3 Å². The second-order valence-corrected chi connectivity index (χ2v) is 5.08. The maximum absolute atomic E-state index is 4.78. The van der Waals surface area contributed by atoms with Crippen molar-refractivity contribution < 1.29 is 0 Å². The average molecular weight is 277 g/mol. The number of rotatable bonds is 5. The second-order valence-electron chi connectivity index (χ2n) is 5.08. The number of nitrogens with zero attached hydrogens (tertiary/aromatic N) is 2. The predicted octanol–water partition coefficient (Wildman–Crippen LogP) is 3.72. The van der Waals surface area contributed by atoms with Crippen LogP contribution >= 0.6 is 0 Å². The SMILES string of the molecule is CCCNC(c1ccccc1)c1cnc2ccccc2n1. The van der Waals surface area contributed by atoms with Crippen molar-refractivity contribution in [2.45, 2.75) is 19.4 Å². The lowest BCUT2D eigenvalue weighted by molar-refractivity contribution is 0.586. The maximum Gasteiger partial charge on any atom is 0.0890 e. The van der Waals surface area contributed by atoms with E-state index in [1.165, 1.54) is 5.56 Å². The summed E-state index contributed by atoms with van der Waals surface area (Å²) < 4.78 is 0. The molecular formula is C18H19N3. The molecule has 1 atom stereocenters. The minimum absolute atomic E-state index is 0.0863. The van der Waals surface area contributed by atoms with Crippen molar-refractivity contribution in [2.24, 2.45) is 0 Å². The van der Waals surface area contributed by atoms with Gasteiger partial charge in [-0.3, -0.25) is 4.98 Å². The Bertz CT molecular complexity index is 710. The van der Waals surface area contributed by atoms with Crippen LogP contribution in [-0.4, -0.2) is 16.5 Å². The molecule has 0 spiro atoms. The molecule has 1 unspecified atom stereocenters. The first-order valence-electron chi connectivity index (χ1n) is 7.38. The normalized spacial score (nSPS) is 12.4. The molecule has 3 nitrogen and oxygen atoms in total. The quantitative estimate of drug-likeness (QED) is 0.772. The largest absolute Gasteiger partial charge is 0.305 e. The molecule has 106 valence electrons. The Morgan fingerprint density at radius 1 is 0.952 bits per heavy atom. The highest BCUT2D eigenvalue weighted by Crippen LogP contribution is 2.21. The van der Waals surface area contributed by atoms with E-state index in [0.29, 0.717) is 0 Å². The molecule has 0 radical (unpaired) electrons. The molecule has 0 saturated carbocycles. The van der Waals surface area contributed by atoms with Gasteiger partial charge in [0.1, 0.15) is 0 Å². The molecule has 0 fully saturated rings. The van der Waals surface area contributed by atoms with E-state index in [4.69, 9.17) is 4.98 Å². The number of nitrogens with one attached hydrogen (secondary N) is 1. The van der Waals surface area contributed by atoms with Crippen molar-refractivity contribution in [3.05, 3.63) is 72.1 Å². The van der Waals surface area contributed by atoms with Gasteiger partial charge >= 0.3 is 0 Å². The zero-order valence-electron chi connectivity index (χ0n) is 12.2. The molecule has 1 N–H and O–H groups in total. The molecule has 1 heterocycles. The van der Waals surface area contributed by atoms with Crippen LogP contribution in [0.3, 0.4) is 0 Å². The van der Waals surface area contributed by atoms with E-state index in [9.17, 15) is 0 Å². The number of para-hydroxylation sites is 2. The summed E-state index contributed by atoms with van der Waals surface area (Å²) in [6.45, 7) is 3.12. The van der Waals surface area contributed by atoms with Crippen molar-refractivity contribution >= 4 is 11.0 Å². The summed E-state index contributed by atoms with van der Waals surface area (Å²) in [5.74, 6) is 0. The fraction of sp³-hybridized carbons (Fsp3) is 0.222. The molecule has 21 heavy (non-hydrogen) atoms. The summed E-state index contributed by atoms with van der Waals surface area (Å²) in [5.41, 5.74) is 4.06. The summed E-state index contributed by atoms with van der Waals surface area (Å²) in [7, 11) is 0. The second kappa shape index (κ2) is 6.46. The lowest BCUT2D eigenvalue weighted by Crippen LogP contribution is -2.24. The fourth-order valence-electron chi connectivity index (χ4n) is 2.44. The van der Waals surface area contributed by atoms with Crippen LogP contribution in [0.4, 0.5) is 0 Å². The zero-order chi connectivity index (χ0) is 14.5. The highest BCUT2D eigenvalue weighted by Gasteiger charge is 2.15. The van der Waals surface area contributed by atoms with Gasteiger partial charge in [0, 0.05) is 0 Å². The molecule has 0 bridgehead atoms. The van der Waals surface area contributed by atoms with Crippen LogP contribution < -0.4 is 5.32 Å². The third-order valence-corrected chi connectivity index (χ3v) is 3.49. The highest BCUT2D eigenvalue weighted by atomic mass is 15.0. The summed E-state index contributed by atoms with van der Waals surface area (Å²) in [5, 5.41) is 3.56. The van der Waals surface area contributed by atoms with Gasteiger partial charge in [-0.05, 0) is 30.7 Å². The molecule has 0 aliphatic carbocycles. The fourth-order valence-corrected chi connectivity index (χ4v) is 2.44. The van der Waals surface area contributed by atoms with Crippen molar-refractivity contribution in [2.75, 3.05) is 6.54 Å². The first-order valence-corrected chi connectivity index (χ1v) is 7.38. The van der Waals surface area contributed by atoms with Gasteiger partial charge in [-0.15, -0.1) is 0 Å². The Morgan fingerprint density at radius 2 is 1.67 bits per heavy atom. The molecule has 2 aromatic carbocycles. The van der Waals surface area contributed by atoms with E-state index in [1.54, 1.807) is 0 Å². The monoisotopic (exact) mass is 277 g/mol. The Hall–Kier alpha value is -2.26. The van der Waals surface area contributed by atoms with Crippen molar-refractivity contribution in [1.29, 1.82) is 0 Å². The number of fused-ring (bicyclic) bond motifs is 1. The van der Waals surface area contributed by atoms with E-state index < -0.39 is 0 Å². The molecule has 0 amide bonds. The topological polar surface area (TPSA) is 37.8 Å². The van der Waals surface area contributed by atoms with E-state index in [-0.39, 0.29) is 6.04 Å². The molecule has 0 aliphatic heterocycles. The maximum atomic E-state index is 4.78. The highest BCUT2D eigenvalue weighted by molar-refractivity contribution is 5.73. The Labute approximate surface area is 125 Å². The van der Waals surface area contributed by atoms with Crippen molar-refractivity contribution in [3.63, 3.8) is 0 Å². The van der Waals surface area contributed by atoms with Crippen LogP contribution in [0.25, 0.3) is 11.0 Å². The third-order valence-electron chi connectivity index (χ3n) is 3.49. The molecule has 1 aromatic heterocycles. The number of hydrogen-bond donors (Lipinski definition) is 1. The average Bonchev–Trinajstić information content (AvgIpc) is 2.56. The van der Waals surface area contributed by atoms with Gasteiger partial charge in [0.2, 0.25) is 0 Å². The molecule has 0 saturated heterocycles. The molecular weight excluding hydrogens is 258 g/mol. The van der Waals surface area contributed by atoms with Gasteiger partial charge in [-0.25, -0.2) is 4.98 Å². The summed E-state index contributed by atoms with van der Waals surface area (Å²) in [6, 6.07) is 18.5. The summed E-state index contributed by atoms with van der Waals surface area (Å²) >= 11 is 0. The Kier molecular flexibility index (Phi) is 4.22. The van der Waals surface area contributed by atoms with Gasteiger partial charge in [0.25, 0.3) is 0 Å². The molecule has 0 aliphatic rings. The number of hydrogen-bond acceptors (Lipinski definition) is 3. The van der Waals surface area contributed by atoms with Crippen LogP contribution in [0.2, 0.25) is 0 Å². The molecule has 3 heteroatoms. The van der Waals surface area contributed by atoms with E-state index >= 15 is 0 Å². The van der Waals surface area contributed by atoms with Crippen molar-refractivity contribution in [3.8, 4) is 0 Å². The van der Waals surface area contributed by atoms with Crippen LogP contribution in [-0.2, 0) is 0 Å². The lowest BCUT2D eigenvalue weighted by Gasteiger charge is -2.18. The number of benzene rings is 2. The van der Waals surface area contributed by atoms with Crippen LogP contribution in [0.5, 0.6) is 0 Å². The smallest absolute Gasteiger partial charge is 0.0890 e. The van der Waals surface area contributed by atoms with Gasteiger partial charge in [0.05, 0.1) is 29.0 Å². The van der Waals surface area contributed by atoms with E-state index in [0.717, 1.165) is 29.7 Å². The van der Waals surface area contributed by atoms with Gasteiger partial charge in [-0.1, -0.05) is 49.4 Å². The molecule has 3 rings (SSSR count). The standard InChI is InChI=1S/C18H19N3/c1-2-12-19-18(14-8-4-3-5-9-14)17-13-20-15-10-6-7-11-16(15)21-17/h3-11,13,18-19H,2,12H2,1H3. The molecule has 3 aromatic rings. The minimum Gasteiger partial charge on any atom is -0.305 e.